The zero-order valence-electron chi connectivity index (χ0n) is 22.1. The molecule has 10 heteroatoms. The first-order valence-corrected chi connectivity index (χ1v) is 13.7. The molecule has 2 amide bonds. The number of halogens is 4. The fraction of sp³-hybridized carbons (Fsp3) is 0.448. The first-order valence-electron chi connectivity index (χ1n) is 13.0. The maximum atomic E-state index is 14.1. The van der Waals surface area contributed by atoms with Gasteiger partial charge in [-0.15, -0.1) is 0 Å². The highest BCUT2D eigenvalue weighted by Crippen LogP contribution is 2.48. The highest BCUT2D eigenvalue weighted by molar-refractivity contribution is 6.47. The number of ketones is 1. The van der Waals surface area contributed by atoms with Crippen molar-refractivity contribution in [3.05, 3.63) is 69.2 Å². The molecule has 1 atom stereocenters. The smallest absolute Gasteiger partial charge is 0.275 e. The van der Waals surface area contributed by atoms with Crippen LogP contribution >= 0.6 is 23.2 Å². The van der Waals surface area contributed by atoms with Gasteiger partial charge in [-0.1, -0.05) is 35.3 Å². The van der Waals surface area contributed by atoms with Gasteiger partial charge in [0.25, 0.3) is 11.8 Å². The highest BCUT2D eigenvalue weighted by atomic mass is 35.5. The van der Waals surface area contributed by atoms with Crippen LogP contribution in [0.3, 0.4) is 0 Å². The Kier molecular flexibility index (Phi) is 8.47. The predicted molar refractivity (Wildman–Crippen MR) is 148 cm³/mol. The van der Waals surface area contributed by atoms with Crippen LogP contribution in [0.25, 0.3) is 0 Å². The van der Waals surface area contributed by atoms with Crippen LogP contribution in [0.1, 0.15) is 80.4 Å². The van der Waals surface area contributed by atoms with Crippen molar-refractivity contribution in [1.82, 2.24) is 10.2 Å². The number of hydrogen-bond acceptors (Lipinski definition) is 4. The molecule has 2 aliphatic rings. The summed E-state index contributed by atoms with van der Waals surface area (Å²) >= 11 is 12.4. The molecule has 1 saturated carbocycles. The summed E-state index contributed by atoms with van der Waals surface area (Å²) in [5.41, 5.74) is 0.895. The van der Waals surface area contributed by atoms with Crippen molar-refractivity contribution in [2.45, 2.75) is 70.5 Å². The molecule has 1 unspecified atom stereocenters. The first-order chi connectivity index (χ1) is 18.3. The third-order valence-corrected chi connectivity index (χ3v) is 8.07. The molecule has 6 nitrogen and oxygen atoms in total. The maximum Gasteiger partial charge on any atom is 0.275 e. The molecule has 0 bridgehead atoms. The van der Waals surface area contributed by atoms with Gasteiger partial charge in [-0.3, -0.25) is 19.4 Å². The van der Waals surface area contributed by atoms with Crippen LogP contribution in [0.5, 0.6) is 0 Å². The van der Waals surface area contributed by atoms with Crippen molar-refractivity contribution in [2.75, 3.05) is 6.54 Å². The topological polar surface area (TPSA) is 78.8 Å². The monoisotopic (exact) mass is 577 g/mol. The number of nitrogens with one attached hydrogen (secondary N) is 1. The summed E-state index contributed by atoms with van der Waals surface area (Å²) in [7, 11) is 0. The van der Waals surface area contributed by atoms with E-state index in [-0.39, 0.29) is 49.1 Å². The summed E-state index contributed by atoms with van der Waals surface area (Å²) in [5.74, 6) is -4.23. The standard InChI is InChI=1S/C29H31Cl2F2N3O3/c1-17(37)10-13-34-26(38)20-6-4-19(5-7-20)18(2)36-27(39)25(21-14-23(30)16-24(31)15-21)35-29(36)11-8-22(9-12-29)28(3,32)33/h4-7,14-16,18,22H,8-13H2,1-3H3,(H,34,38). The third-order valence-electron chi connectivity index (χ3n) is 7.63. The largest absolute Gasteiger partial charge is 0.352 e. The average molecular weight is 578 g/mol. The number of hydrogen-bond donors (Lipinski definition) is 1. The van der Waals surface area contributed by atoms with Crippen LogP contribution in [0.15, 0.2) is 47.5 Å². The second-order valence-corrected chi connectivity index (χ2v) is 11.4. The highest BCUT2D eigenvalue weighted by Gasteiger charge is 2.53. The van der Waals surface area contributed by atoms with Gasteiger partial charge in [-0.2, -0.15) is 0 Å². The molecule has 4 rings (SSSR count). The van der Waals surface area contributed by atoms with Crippen molar-refractivity contribution in [2.24, 2.45) is 10.9 Å². The van der Waals surface area contributed by atoms with Gasteiger partial charge in [0.05, 0.1) is 6.04 Å². The Morgan fingerprint density at radius 1 is 1.13 bits per heavy atom. The number of carbonyl (C=O) groups is 3. The lowest BCUT2D eigenvalue weighted by molar-refractivity contribution is -0.134. The summed E-state index contributed by atoms with van der Waals surface area (Å²) in [4.78, 5) is 44.1. The molecule has 1 spiro atoms. The molecule has 0 saturated heterocycles. The van der Waals surface area contributed by atoms with Gasteiger partial charge in [0, 0.05) is 40.1 Å². The zero-order chi connectivity index (χ0) is 28.5. The molecule has 1 fully saturated rings. The molecule has 208 valence electrons. The normalized spacial score (nSPS) is 22.1. The Morgan fingerprint density at radius 3 is 2.26 bits per heavy atom. The fourth-order valence-corrected chi connectivity index (χ4v) is 6.01. The van der Waals surface area contributed by atoms with E-state index < -0.39 is 23.5 Å². The number of benzene rings is 2. The van der Waals surface area contributed by atoms with E-state index in [4.69, 9.17) is 28.2 Å². The molecule has 1 heterocycles. The lowest BCUT2D eigenvalue weighted by atomic mass is 9.78. The second kappa shape index (κ2) is 11.3. The number of Topliss-reactive ketones (excluding diaryl/α,β-unsaturated/α-hetero) is 1. The van der Waals surface area contributed by atoms with Gasteiger partial charge >= 0.3 is 0 Å². The molecule has 0 aromatic heterocycles. The van der Waals surface area contributed by atoms with Crippen molar-refractivity contribution < 1.29 is 23.2 Å². The lowest BCUT2D eigenvalue weighted by Crippen LogP contribution is -2.51. The van der Waals surface area contributed by atoms with Crippen LogP contribution in [0.4, 0.5) is 8.78 Å². The SMILES string of the molecule is CC(=O)CCNC(=O)c1ccc(C(C)N2C(=O)C(c3cc(Cl)cc(Cl)c3)=NC23CCC(C(C)(F)F)CC3)cc1. The molecule has 2 aromatic carbocycles. The molecule has 39 heavy (non-hydrogen) atoms. The first kappa shape index (κ1) is 29.2. The fourth-order valence-electron chi connectivity index (χ4n) is 5.48. The number of carbonyl (C=O) groups excluding carboxylic acids is 3. The van der Waals surface area contributed by atoms with E-state index in [9.17, 15) is 23.2 Å². The Hall–Kier alpha value is -2.84. The van der Waals surface area contributed by atoms with E-state index in [0.717, 1.165) is 12.5 Å². The summed E-state index contributed by atoms with van der Waals surface area (Å²) in [6.07, 6.45) is 1.31. The van der Waals surface area contributed by atoms with Gasteiger partial charge in [-0.25, -0.2) is 8.78 Å². The molecule has 1 N–H and O–H groups in total. The van der Waals surface area contributed by atoms with Gasteiger partial charge in [0.2, 0.25) is 5.92 Å². The van der Waals surface area contributed by atoms with Crippen LogP contribution in [0, 0.1) is 5.92 Å². The third kappa shape index (κ3) is 6.33. The van der Waals surface area contributed by atoms with Crippen molar-refractivity contribution in [3.8, 4) is 0 Å². The molecule has 1 aliphatic heterocycles. The van der Waals surface area contributed by atoms with E-state index in [0.29, 0.717) is 34.0 Å². The van der Waals surface area contributed by atoms with E-state index in [1.54, 1.807) is 47.4 Å². The van der Waals surface area contributed by atoms with Gasteiger partial charge in [-0.05, 0) is 82.3 Å². The lowest BCUT2D eigenvalue weighted by Gasteiger charge is -2.45. The summed E-state index contributed by atoms with van der Waals surface area (Å²) in [5, 5.41) is 3.43. The summed E-state index contributed by atoms with van der Waals surface area (Å²) in [6, 6.07) is 11.2. The minimum atomic E-state index is -2.81. The van der Waals surface area contributed by atoms with Gasteiger partial charge in [0.15, 0.2) is 0 Å². The second-order valence-electron chi connectivity index (χ2n) is 10.5. The van der Waals surface area contributed by atoms with E-state index in [2.05, 4.69) is 5.32 Å². The molecule has 0 radical (unpaired) electrons. The van der Waals surface area contributed by atoms with Crippen molar-refractivity contribution in [3.63, 3.8) is 0 Å². The van der Waals surface area contributed by atoms with Crippen LogP contribution < -0.4 is 5.32 Å². The van der Waals surface area contributed by atoms with Crippen molar-refractivity contribution in [1.29, 1.82) is 0 Å². The molecular formula is C29H31Cl2F2N3O3. The summed E-state index contributed by atoms with van der Waals surface area (Å²) in [6.45, 7) is 4.52. The molecular weight excluding hydrogens is 547 g/mol. The minimum absolute atomic E-state index is 0.0120. The Labute approximate surface area is 236 Å². The quantitative estimate of drug-likeness (QED) is 0.382. The van der Waals surface area contributed by atoms with Crippen LogP contribution in [-0.4, -0.2) is 46.3 Å². The maximum absolute atomic E-state index is 14.1. The molecule has 2 aromatic rings. The number of rotatable bonds is 8. The number of nitrogens with zero attached hydrogens (tertiary/aromatic N) is 2. The average Bonchev–Trinajstić information content (AvgIpc) is 3.13. The predicted octanol–water partition coefficient (Wildman–Crippen LogP) is 6.64. The van der Waals surface area contributed by atoms with Gasteiger partial charge in [0.1, 0.15) is 17.2 Å². The Balaban J connectivity index is 1.63. The number of amides is 2. The number of aliphatic imine (C=N–C) groups is 1. The van der Waals surface area contributed by atoms with Crippen LogP contribution in [-0.2, 0) is 9.59 Å². The van der Waals surface area contributed by atoms with E-state index in [1.807, 2.05) is 6.92 Å². The number of alkyl halides is 2. The summed E-state index contributed by atoms with van der Waals surface area (Å²) < 4.78 is 28.3. The van der Waals surface area contributed by atoms with E-state index >= 15 is 0 Å². The van der Waals surface area contributed by atoms with Gasteiger partial charge < -0.3 is 10.2 Å². The Morgan fingerprint density at radius 2 is 1.72 bits per heavy atom. The Bertz CT molecular complexity index is 1280. The van der Waals surface area contributed by atoms with Crippen molar-refractivity contribution >= 4 is 46.5 Å². The van der Waals surface area contributed by atoms with E-state index in [1.165, 1.54) is 6.92 Å². The van der Waals surface area contributed by atoms with Crippen LogP contribution in [0.2, 0.25) is 10.0 Å². The minimum Gasteiger partial charge on any atom is -0.352 e. The molecule has 1 aliphatic carbocycles. The zero-order valence-corrected chi connectivity index (χ0v) is 23.6.